The largest absolute Gasteiger partial charge is 0.494 e. The van der Waals surface area contributed by atoms with Crippen molar-refractivity contribution in [1.29, 1.82) is 0 Å². The Balaban J connectivity index is 1.69. The fourth-order valence-corrected chi connectivity index (χ4v) is 3.79. The van der Waals surface area contributed by atoms with Gasteiger partial charge in [-0.3, -0.25) is 0 Å². The number of ether oxygens (including phenoxy) is 1. The first-order chi connectivity index (χ1) is 13.8. The van der Waals surface area contributed by atoms with Crippen molar-refractivity contribution in [2.24, 2.45) is 0 Å². The standard InChI is InChI=1S/C26H19NO/c1-28-25-12-6-9-18-13-14-21(27-26(18)25)15-16-24-22-10-4-2-7-19(22)17-20-8-3-5-11-23(20)24/h2-17H,1H3. The average molecular weight is 361 g/mol. The minimum absolute atomic E-state index is 0.795. The highest BCUT2D eigenvalue weighted by Gasteiger charge is 2.06. The third-order valence-corrected chi connectivity index (χ3v) is 5.16. The van der Waals surface area contributed by atoms with Gasteiger partial charge in [-0.1, -0.05) is 72.8 Å². The zero-order chi connectivity index (χ0) is 18.9. The van der Waals surface area contributed by atoms with E-state index in [1.54, 1.807) is 7.11 Å². The molecule has 0 bridgehead atoms. The fourth-order valence-electron chi connectivity index (χ4n) is 3.79. The zero-order valence-electron chi connectivity index (χ0n) is 15.6. The molecule has 0 spiro atoms. The Kier molecular flexibility index (Phi) is 4.02. The molecule has 5 aromatic rings. The number of rotatable bonds is 3. The van der Waals surface area contributed by atoms with Crippen molar-refractivity contribution in [2.45, 2.75) is 0 Å². The zero-order valence-corrected chi connectivity index (χ0v) is 15.6. The van der Waals surface area contributed by atoms with Crippen LogP contribution in [0.4, 0.5) is 0 Å². The summed E-state index contributed by atoms with van der Waals surface area (Å²) in [6.45, 7) is 0. The molecule has 2 nitrogen and oxygen atoms in total. The van der Waals surface area contributed by atoms with Crippen molar-refractivity contribution in [3.63, 3.8) is 0 Å². The Morgan fingerprint density at radius 3 is 2.07 bits per heavy atom. The van der Waals surface area contributed by atoms with Crippen LogP contribution >= 0.6 is 0 Å². The number of nitrogens with zero attached hydrogens (tertiary/aromatic N) is 1. The molecule has 0 saturated heterocycles. The second-order valence-electron chi connectivity index (χ2n) is 6.83. The van der Waals surface area contributed by atoms with E-state index in [1.165, 1.54) is 27.1 Å². The van der Waals surface area contributed by atoms with Crippen molar-refractivity contribution >= 4 is 44.6 Å². The monoisotopic (exact) mass is 361 g/mol. The number of benzene rings is 4. The van der Waals surface area contributed by atoms with E-state index in [0.29, 0.717) is 0 Å². The smallest absolute Gasteiger partial charge is 0.145 e. The summed E-state index contributed by atoms with van der Waals surface area (Å²) in [6, 6.07) is 29.4. The van der Waals surface area contributed by atoms with Crippen LogP contribution in [0.15, 0.2) is 84.9 Å². The van der Waals surface area contributed by atoms with Crippen LogP contribution in [0.1, 0.15) is 11.3 Å². The van der Waals surface area contributed by atoms with Gasteiger partial charge in [0.2, 0.25) is 0 Å². The van der Waals surface area contributed by atoms with Gasteiger partial charge in [-0.25, -0.2) is 4.98 Å². The molecule has 2 heteroatoms. The van der Waals surface area contributed by atoms with Gasteiger partial charge < -0.3 is 4.74 Å². The molecule has 0 N–H and O–H groups in total. The van der Waals surface area contributed by atoms with E-state index >= 15 is 0 Å². The van der Waals surface area contributed by atoms with Crippen LogP contribution in [-0.2, 0) is 0 Å². The van der Waals surface area contributed by atoms with Gasteiger partial charge in [0, 0.05) is 5.39 Å². The summed E-state index contributed by atoms with van der Waals surface area (Å²) in [4.78, 5) is 4.81. The normalized spacial score (nSPS) is 11.6. The fraction of sp³-hybridized carbons (Fsp3) is 0.0385. The van der Waals surface area contributed by atoms with E-state index < -0.39 is 0 Å². The highest BCUT2D eigenvalue weighted by molar-refractivity contribution is 6.07. The molecule has 134 valence electrons. The minimum atomic E-state index is 0.795. The molecule has 0 atom stereocenters. The van der Waals surface area contributed by atoms with E-state index in [4.69, 9.17) is 9.72 Å². The van der Waals surface area contributed by atoms with Crippen LogP contribution in [0.3, 0.4) is 0 Å². The Morgan fingerprint density at radius 2 is 1.36 bits per heavy atom. The molecule has 0 fully saturated rings. The number of hydrogen-bond donors (Lipinski definition) is 0. The molecule has 1 aromatic heterocycles. The van der Waals surface area contributed by atoms with E-state index in [9.17, 15) is 0 Å². The lowest BCUT2D eigenvalue weighted by atomic mass is 9.96. The van der Waals surface area contributed by atoms with Crippen molar-refractivity contribution in [3.8, 4) is 5.75 Å². The lowest BCUT2D eigenvalue weighted by molar-refractivity contribution is 0.419. The summed E-state index contributed by atoms with van der Waals surface area (Å²) in [7, 11) is 1.68. The molecule has 0 radical (unpaired) electrons. The van der Waals surface area contributed by atoms with Gasteiger partial charge in [-0.05, 0) is 51.4 Å². The molecule has 4 aromatic carbocycles. The Hall–Kier alpha value is -3.65. The summed E-state index contributed by atoms with van der Waals surface area (Å²) < 4.78 is 5.47. The quantitative estimate of drug-likeness (QED) is 0.333. The van der Waals surface area contributed by atoms with E-state index in [-0.39, 0.29) is 0 Å². The van der Waals surface area contributed by atoms with Crippen molar-refractivity contribution < 1.29 is 4.74 Å². The Bertz CT molecular complexity index is 1300. The number of pyridine rings is 1. The first kappa shape index (κ1) is 16.5. The molecular weight excluding hydrogens is 342 g/mol. The maximum Gasteiger partial charge on any atom is 0.145 e. The van der Waals surface area contributed by atoms with Gasteiger partial charge >= 0.3 is 0 Å². The van der Waals surface area contributed by atoms with Gasteiger partial charge in [0.25, 0.3) is 0 Å². The topological polar surface area (TPSA) is 22.1 Å². The summed E-state index contributed by atoms with van der Waals surface area (Å²) in [5.41, 5.74) is 3.01. The third kappa shape index (κ3) is 2.80. The van der Waals surface area contributed by atoms with Gasteiger partial charge in [-0.2, -0.15) is 0 Å². The van der Waals surface area contributed by atoms with Gasteiger partial charge in [0.05, 0.1) is 12.8 Å². The first-order valence-corrected chi connectivity index (χ1v) is 9.36. The van der Waals surface area contributed by atoms with Crippen LogP contribution in [0.5, 0.6) is 5.75 Å². The number of fused-ring (bicyclic) bond motifs is 3. The summed E-state index contributed by atoms with van der Waals surface area (Å²) in [6.07, 6.45) is 4.26. The lowest BCUT2D eigenvalue weighted by Crippen LogP contribution is -1.89. The predicted octanol–water partition coefficient (Wildman–Crippen LogP) is 6.72. The highest BCUT2D eigenvalue weighted by Crippen LogP contribution is 2.30. The lowest BCUT2D eigenvalue weighted by Gasteiger charge is -2.08. The average Bonchev–Trinajstić information content (AvgIpc) is 2.76. The van der Waals surface area contributed by atoms with Crippen molar-refractivity contribution in [2.75, 3.05) is 7.11 Å². The Labute approximate surface area is 163 Å². The van der Waals surface area contributed by atoms with E-state index in [1.807, 2.05) is 18.2 Å². The number of hydrogen-bond acceptors (Lipinski definition) is 2. The molecule has 28 heavy (non-hydrogen) atoms. The molecule has 0 aliphatic rings. The number of para-hydroxylation sites is 1. The first-order valence-electron chi connectivity index (χ1n) is 9.36. The molecule has 0 unspecified atom stereocenters. The van der Waals surface area contributed by atoms with Crippen LogP contribution in [0.25, 0.3) is 44.6 Å². The molecule has 1 heterocycles. The SMILES string of the molecule is COc1cccc2ccc(C=Cc3c4ccccc4cc4ccccc34)nc12. The molecule has 0 saturated carbocycles. The minimum Gasteiger partial charge on any atom is -0.494 e. The Morgan fingerprint density at radius 1 is 0.679 bits per heavy atom. The third-order valence-electron chi connectivity index (χ3n) is 5.16. The summed E-state index contributed by atoms with van der Waals surface area (Å²) in [5.74, 6) is 0.795. The van der Waals surface area contributed by atoms with Crippen LogP contribution in [0, 0.1) is 0 Å². The van der Waals surface area contributed by atoms with Crippen LogP contribution in [0.2, 0.25) is 0 Å². The van der Waals surface area contributed by atoms with Crippen molar-refractivity contribution in [1.82, 2.24) is 4.98 Å². The summed E-state index contributed by atoms with van der Waals surface area (Å²) in [5, 5.41) is 6.06. The number of aromatic nitrogens is 1. The van der Waals surface area contributed by atoms with Gasteiger partial charge in [0.1, 0.15) is 11.3 Å². The molecule has 0 aliphatic carbocycles. The second-order valence-corrected chi connectivity index (χ2v) is 6.83. The molecule has 5 rings (SSSR count). The van der Waals surface area contributed by atoms with E-state index in [0.717, 1.165) is 22.3 Å². The maximum absolute atomic E-state index is 5.47. The number of methoxy groups -OCH3 is 1. The van der Waals surface area contributed by atoms with Gasteiger partial charge in [-0.15, -0.1) is 0 Å². The molecule has 0 aliphatic heterocycles. The molecule has 0 amide bonds. The van der Waals surface area contributed by atoms with Gasteiger partial charge in [0.15, 0.2) is 0 Å². The van der Waals surface area contributed by atoms with Crippen molar-refractivity contribution in [3.05, 3.63) is 96.2 Å². The second kappa shape index (κ2) is 6.82. The molecular formula is C26H19NO. The maximum atomic E-state index is 5.47. The summed E-state index contributed by atoms with van der Waals surface area (Å²) >= 11 is 0. The van der Waals surface area contributed by atoms with E-state index in [2.05, 4.69) is 78.9 Å². The van der Waals surface area contributed by atoms with Crippen LogP contribution in [-0.4, -0.2) is 12.1 Å². The highest BCUT2D eigenvalue weighted by atomic mass is 16.5. The predicted molar refractivity (Wildman–Crippen MR) is 119 cm³/mol. The van der Waals surface area contributed by atoms with Crippen LogP contribution < -0.4 is 4.74 Å².